The van der Waals surface area contributed by atoms with Gasteiger partial charge < -0.3 is 9.64 Å². The molecular weight excluding hydrogens is 349 g/mol. The van der Waals surface area contributed by atoms with Gasteiger partial charge in [0.25, 0.3) is 0 Å². The first kappa shape index (κ1) is 22.4. The van der Waals surface area contributed by atoms with E-state index in [1.54, 1.807) is 6.07 Å². The molecule has 28 heavy (non-hydrogen) atoms. The van der Waals surface area contributed by atoms with Gasteiger partial charge in [-0.1, -0.05) is 45.0 Å². The third-order valence-corrected chi connectivity index (χ3v) is 5.35. The Bertz CT molecular complexity index is 777. The molecule has 1 unspecified atom stereocenters. The van der Waals surface area contributed by atoms with Crippen LogP contribution < -0.4 is 4.74 Å². The van der Waals surface area contributed by atoms with Crippen LogP contribution >= 0.6 is 0 Å². The molecule has 0 heterocycles. The van der Waals surface area contributed by atoms with Crippen LogP contribution in [0.4, 0.5) is 4.39 Å². The molecule has 2 rings (SSSR count). The largest absolute Gasteiger partial charge is 0.494 e. The van der Waals surface area contributed by atoms with Crippen molar-refractivity contribution in [1.29, 1.82) is 0 Å². The molecule has 0 aromatic heterocycles. The number of benzene rings is 2. The summed E-state index contributed by atoms with van der Waals surface area (Å²) < 4.78 is 21.0. The first-order chi connectivity index (χ1) is 13.1. The number of hydrogen-bond acceptors (Lipinski definition) is 2. The van der Waals surface area contributed by atoms with E-state index in [4.69, 9.17) is 4.74 Å². The zero-order chi connectivity index (χ0) is 20.9. The van der Waals surface area contributed by atoms with E-state index in [9.17, 15) is 0 Å². The second-order valence-electron chi connectivity index (χ2n) is 8.96. The topological polar surface area (TPSA) is 12.5 Å². The highest BCUT2D eigenvalue weighted by molar-refractivity contribution is 5.42. The lowest BCUT2D eigenvalue weighted by Gasteiger charge is -2.25. The van der Waals surface area contributed by atoms with Gasteiger partial charge in [0.2, 0.25) is 0 Å². The highest BCUT2D eigenvalue weighted by Crippen LogP contribution is 2.34. The second-order valence-corrected chi connectivity index (χ2v) is 8.96. The van der Waals surface area contributed by atoms with E-state index in [2.05, 4.69) is 58.8 Å². The van der Waals surface area contributed by atoms with Gasteiger partial charge in [-0.2, -0.15) is 0 Å². The predicted octanol–water partition coefficient (Wildman–Crippen LogP) is 6.11. The highest BCUT2D eigenvalue weighted by Gasteiger charge is 2.22. The molecule has 0 saturated carbocycles. The van der Waals surface area contributed by atoms with Crippen molar-refractivity contribution in [2.24, 2.45) is 0 Å². The lowest BCUT2D eigenvalue weighted by molar-refractivity contribution is 0.333. The van der Waals surface area contributed by atoms with E-state index in [-0.39, 0.29) is 17.2 Å². The summed E-state index contributed by atoms with van der Waals surface area (Å²) in [6.07, 6.45) is 1.68. The van der Waals surface area contributed by atoms with Crippen LogP contribution in [-0.2, 0) is 11.8 Å². The summed E-state index contributed by atoms with van der Waals surface area (Å²) in [6.45, 7) is 12.0. The normalized spacial score (nSPS) is 13.0. The molecule has 0 aliphatic heterocycles. The molecule has 2 aromatic carbocycles. The Balaban J connectivity index is 2.41. The van der Waals surface area contributed by atoms with Crippen molar-refractivity contribution in [3.05, 3.63) is 64.5 Å². The standard InChI is InChI=1S/C25H36FNO/c1-8-28-24-11-9-10-18(2)22(24)16-19(14-15-27(6)7)21-13-12-20(17-23(21)26)25(3,4)5/h9-13,17,19H,8,14-16H2,1-7H3. The van der Waals surface area contributed by atoms with E-state index in [1.807, 2.05) is 25.1 Å². The van der Waals surface area contributed by atoms with Gasteiger partial charge in [0.05, 0.1) is 6.61 Å². The zero-order valence-corrected chi connectivity index (χ0v) is 18.6. The molecule has 0 radical (unpaired) electrons. The Labute approximate surface area is 170 Å². The van der Waals surface area contributed by atoms with Crippen LogP contribution in [0.5, 0.6) is 5.75 Å². The van der Waals surface area contributed by atoms with E-state index >= 15 is 4.39 Å². The number of halogens is 1. The van der Waals surface area contributed by atoms with Gasteiger partial charge in [-0.25, -0.2) is 4.39 Å². The minimum absolute atomic E-state index is 0.0589. The van der Waals surface area contributed by atoms with Crippen LogP contribution in [-0.4, -0.2) is 32.1 Å². The Morgan fingerprint density at radius 2 is 1.82 bits per heavy atom. The van der Waals surface area contributed by atoms with Gasteiger partial charge in [0.15, 0.2) is 0 Å². The average Bonchev–Trinajstić information content (AvgIpc) is 2.60. The van der Waals surface area contributed by atoms with Gasteiger partial charge in [-0.05, 0) is 93.0 Å². The fourth-order valence-corrected chi connectivity index (χ4v) is 3.58. The summed E-state index contributed by atoms with van der Waals surface area (Å²) in [6, 6.07) is 12.0. The average molecular weight is 386 g/mol. The molecule has 0 aliphatic rings. The Kier molecular flexibility index (Phi) is 7.65. The van der Waals surface area contributed by atoms with Crippen molar-refractivity contribution in [3.63, 3.8) is 0 Å². The Morgan fingerprint density at radius 3 is 2.39 bits per heavy atom. The van der Waals surface area contributed by atoms with Gasteiger partial charge in [0.1, 0.15) is 11.6 Å². The Morgan fingerprint density at radius 1 is 1.11 bits per heavy atom. The van der Waals surface area contributed by atoms with Crippen LogP contribution in [0.3, 0.4) is 0 Å². The third kappa shape index (κ3) is 5.81. The van der Waals surface area contributed by atoms with Crippen molar-refractivity contribution in [2.45, 2.75) is 58.8 Å². The van der Waals surface area contributed by atoms with Crippen molar-refractivity contribution in [2.75, 3.05) is 27.2 Å². The fourth-order valence-electron chi connectivity index (χ4n) is 3.58. The molecule has 2 aromatic rings. The highest BCUT2D eigenvalue weighted by atomic mass is 19.1. The molecule has 154 valence electrons. The van der Waals surface area contributed by atoms with Gasteiger partial charge in [-0.15, -0.1) is 0 Å². The molecule has 3 heteroatoms. The number of hydrogen-bond donors (Lipinski definition) is 0. The molecule has 2 nitrogen and oxygen atoms in total. The molecule has 0 N–H and O–H groups in total. The van der Waals surface area contributed by atoms with Gasteiger partial charge >= 0.3 is 0 Å². The molecular formula is C25H36FNO. The number of aryl methyl sites for hydroxylation is 1. The zero-order valence-electron chi connectivity index (χ0n) is 18.6. The van der Waals surface area contributed by atoms with Crippen molar-refractivity contribution in [1.82, 2.24) is 4.90 Å². The summed E-state index contributed by atoms with van der Waals surface area (Å²) in [7, 11) is 4.13. The quantitative estimate of drug-likeness (QED) is 0.544. The first-order valence-corrected chi connectivity index (χ1v) is 10.3. The van der Waals surface area contributed by atoms with Crippen molar-refractivity contribution < 1.29 is 9.13 Å². The molecule has 0 aliphatic carbocycles. The van der Waals surface area contributed by atoms with Crippen LogP contribution in [0.2, 0.25) is 0 Å². The summed E-state index contributed by atoms with van der Waals surface area (Å²) >= 11 is 0. The number of ether oxygens (including phenoxy) is 1. The lowest BCUT2D eigenvalue weighted by atomic mass is 9.83. The van der Waals surface area contributed by atoms with Crippen molar-refractivity contribution in [3.8, 4) is 5.75 Å². The van der Waals surface area contributed by atoms with E-state index < -0.39 is 0 Å². The molecule has 0 bridgehead atoms. The molecule has 0 amide bonds. The van der Waals surface area contributed by atoms with E-state index in [0.717, 1.165) is 36.3 Å². The Hall–Kier alpha value is -1.87. The number of nitrogens with zero attached hydrogens (tertiary/aromatic N) is 1. The van der Waals surface area contributed by atoms with Crippen LogP contribution in [0.1, 0.15) is 62.3 Å². The summed E-state index contributed by atoms with van der Waals surface area (Å²) in [5.74, 6) is 0.934. The second kappa shape index (κ2) is 9.56. The van der Waals surface area contributed by atoms with Crippen LogP contribution in [0, 0.1) is 12.7 Å². The number of rotatable bonds is 8. The predicted molar refractivity (Wildman–Crippen MR) is 117 cm³/mol. The minimum Gasteiger partial charge on any atom is -0.494 e. The molecule has 1 atom stereocenters. The maximum Gasteiger partial charge on any atom is 0.126 e. The van der Waals surface area contributed by atoms with E-state index in [0.29, 0.717) is 6.61 Å². The monoisotopic (exact) mass is 385 g/mol. The van der Waals surface area contributed by atoms with Gasteiger partial charge in [0, 0.05) is 0 Å². The third-order valence-electron chi connectivity index (χ3n) is 5.35. The lowest BCUT2D eigenvalue weighted by Crippen LogP contribution is -2.19. The fraction of sp³-hybridized carbons (Fsp3) is 0.520. The maximum absolute atomic E-state index is 15.2. The summed E-state index contributed by atoms with van der Waals surface area (Å²) in [5.41, 5.74) is 4.17. The summed E-state index contributed by atoms with van der Waals surface area (Å²) in [5, 5.41) is 0. The van der Waals surface area contributed by atoms with Gasteiger partial charge in [-0.3, -0.25) is 0 Å². The first-order valence-electron chi connectivity index (χ1n) is 10.3. The van der Waals surface area contributed by atoms with E-state index in [1.165, 1.54) is 11.1 Å². The SMILES string of the molecule is CCOc1cccc(C)c1CC(CCN(C)C)c1ccc(C(C)(C)C)cc1F. The molecule has 0 spiro atoms. The smallest absolute Gasteiger partial charge is 0.126 e. The summed E-state index contributed by atoms with van der Waals surface area (Å²) in [4.78, 5) is 2.16. The van der Waals surface area contributed by atoms with Crippen molar-refractivity contribution >= 4 is 0 Å². The maximum atomic E-state index is 15.2. The molecule has 0 saturated heterocycles. The van der Waals surface area contributed by atoms with Crippen LogP contribution in [0.25, 0.3) is 0 Å². The molecule has 0 fully saturated rings. The minimum atomic E-state index is -0.0947. The van der Waals surface area contributed by atoms with Crippen LogP contribution in [0.15, 0.2) is 36.4 Å².